The summed E-state index contributed by atoms with van der Waals surface area (Å²) in [6.45, 7) is 10.0. The lowest BCUT2D eigenvalue weighted by Gasteiger charge is -2.36. The zero-order chi connectivity index (χ0) is 10.4. The second-order valence-corrected chi connectivity index (χ2v) is 3.83. The molecule has 0 aliphatic carbocycles. The molecule has 1 rings (SSSR count). The van der Waals surface area contributed by atoms with Gasteiger partial charge in [0.05, 0.1) is 12.7 Å². The van der Waals surface area contributed by atoms with Gasteiger partial charge in [-0.2, -0.15) is 0 Å². The summed E-state index contributed by atoms with van der Waals surface area (Å²) in [7, 11) is 0. The standard InChI is InChI=1S/C11H23NO2/c1-4-6-11-9-12(7-8-14-11)10(3)13-5-2/h10-11H,4-9H2,1-3H3. The second-order valence-electron chi connectivity index (χ2n) is 3.83. The normalized spacial score (nSPS) is 26.4. The maximum absolute atomic E-state index is 5.68. The Hall–Kier alpha value is -0.120. The first-order valence-electron chi connectivity index (χ1n) is 5.75. The van der Waals surface area contributed by atoms with Crippen LogP contribution >= 0.6 is 0 Å². The molecule has 1 heterocycles. The fraction of sp³-hybridized carbons (Fsp3) is 1.00. The molecule has 0 aromatic carbocycles. The van der Waals surface area contributed by atoms with Gasteiger partial charge in [0.15, 0.2) is 0 Å². The van der Waals surface area contributed by atoms with Gasteiger partial charge in [0.2, 0.25) is 0 Å². The van der Waals surface area contributed by atoms with E-state index >= 15 is 0 Å². The number of hydrogen-bond acceptors (Lipinski definition) is 3. The molecule has 0 bridgehead atoms. The van der Waals surface area contributed by atoms with Gasteiger partial charge in [-0.3, -0.25) is 4.90 Å². The van der Waals surface area contributed by atoms with Gasteiger partial charge in [-0.15, -0.1) is 0 Å². The summed E-state index contributed by atoms with van der Waals surface area (Å²) in [6.07, 6.45) is 3.01. The number of morpholine rings is 1. The molecule has 84 valence electrons. The largest absolute Gasteiger partial charge is 0.376 e. The summed E-state index contributed by atoms with van der Waals surface area (Å²) < 4.78 is 11.3. The molecule has 3 heteroatoms. The quantitative estimate of drug-likeness (QED) is 0.678. The highest BCUT2D eigenvalue weighted by atomic mass is 16.5. The molecule has 0 amide bonds. The van der Waals surface area contributed by atoms with E-state index < -0.39 is 0 Å². The average molecular weight is 201 g/mol. The van der Waals surface area contributed by atoms with Crippen LogP contribution in [-0.2, 0) is 9.47 Å². The molecular formula is C11H23NO2. The predicted molar refractivity (Wildman–Crippen MR) is 57.3 cm³/mol. The van der Waals surface area contributed by atoms with Crippen LogP contribution in [0, 0.1) is 0 Å². The van der Waals surface area contributed by atoms with Gasteiger partial charge in [-0.05, 0) is 20.3 Å². The van der Waals surface area contributed by atoms with Crippen LogP contribution in [-0.4, -0.2) is 43.5 Å². The zero-order valence-electron chi connectivity index (χ0n) is 9.66. The summed E-state index contributed by atoms with van der Waals surface area (Å²) in [4.78, 5) is 2.37. The average Bonchev–Trinajstić information content (AvgIpc) is 2.19. The molecule has 3 nitrogen and oxygen atoms in total. The van der Waals surface area contributed by atoms with E-state index in [0.717, 1.165) is 32.7 Å². The first-order valence-corrected chi connectivity index (χ1v) is 5.75. The monoisotopic (exact) mass is 201 g/mol. The molecule has 2 unspecified atom stereocenters. The van der Waals surface area contributed by atoms with Crippen LogP contribution in [0.5, 0.6) is 0 Å². The van der Waals surface area contributed by atoms with E-state index in [1.807, 2.05) is 6.92 Å². The van der Waals surface area contributed by atoms with Crippen LogP contribution in [0.1, 0.15) is 33.6 Å². The predicted octanol–water partition coefficient (Wildman–Crippen LogP) is 1.87. The first-order chi connectivity index (χ1) is 6.77. The van der Waals surface area contributed by atoms with Crippen LogP contribution in [0.2, 0.25) is 0 Å². The summed E-state index contributed by atoms with van der Waals surface area (Å²) in [5, 5.41) is 0. The smallest absolute Gasteiger partial charge is 0.107 e. The molecule has 1 fully saturated rings. The maximum atomic E-state index is 5.68. The highest BCUT2D eigenvalue weighted by Crippen LogP contribution is 2.13. The molecule has 1 saturated heterocycles. The van der Waals surface area contributed by atoms with Crippen molar-refractivity contribution in [3.05, 3.63) is 0 Å². The highest BCUT2D eigenvalue weighted by molar-refractivity contribution is 4.72. The summed E-state index contributed by atoms with van der Waals surface area (Å²) in [5.41, 5.74) is 0. The second kappa shape index (κ2) is 6.38. The maximum Gasteiger partial charge on any atom is 0.107 e. The van der Waals surface area contributed by atoms with Crippen LogP contribution < -0.4 is 0 Å². The Morgan fingerprint density at radius 3 is 2.93 bits per heavy atom. The van der Waals surface area contributed by atoms with Crippen molar-refractivity contribution in [2.75, 3.05) is 26.3 Å². The summed E-state index contributed by atoms with van der Waals surface area (Å²) in [6, 6.07) is 0. The molecule has 0 N–H and O–H groups in total. The van der Waals surface area contributed by atoms with Crippen LogP contribution in [0.15, 0.2) is 0 Å². The van der Waals surface area contributed by atoms with Gasteiger partial charge in [0.1, 0.15) is 6.23 Å². The van der Waals surface area contributed by atoms with Gasteiger partial charge in [-0.25, -0.2) is 0 Å². The molecule has 0 spiro atoms. The Balaban J connectivity index is 2.31. The van der Waals surface area contributed by atoms with Crippen molar-refractivity contribution >= 4 is 0 Å². The summed E-state index contributed by atoms with van der Waals surface area (Å²) >= 11 is 0. The molecule has 0 aromatic rings. The van der Waals surface area contributed by atoms with Gasteiger partial charge in [-0.1, -0.05) is 13.3 Å². The third-order valence-corrected chi connectivity index (χ3v) is 2.70. The fourth-order valence-corrected chi connectivity index (χ4v) is 1.92. The third kappa shape index (κ3) is 3.56. The zero-order valence-corrected chi connectivity index (χ0v) is 9.66. The van der Waals surface area contributed by atoms with E-state index in [1.165, 1.54) is 6.42 Å². The Kier molecular flexibility index (Phi) is 5.45. The molecule has 1 aliphatic heterocycles. The number of hydrogen-bond donors (Lipinski definition) is 0. The third-order valence-electron chi connectivity index (χ3n) is 2.70. The Labute approximate surface area is 87.4 Å². The van der Waals surface area contributed by atoms with Gasteiger partial charge < -0.3 is 9.47 Å². The van der Waals surface area contributed by atoms with Crippen LogP contribution in [0.25, 0.3) is 0 Å². The molecule has 0 saturated carbocycles. The molecule has 2 atom stereocenters. The SMILES string of the molecule is CCCC1CN(C(C)OCC)CCO1. The lowest BCUT2D eigenvalue weighted by molar-refractivity contribution is -0.111. The first kappa shape index (κ1) is 12.0. The molecule has 0 radical (unpaired) electrons. The molecule has 1 aliphatic rings. The van der Waals surface area contributed by atoms with E-state index in [4.69, 9.17) is 9.47 Å². The van der Waals surface area contributed by atoms with Crippen molar-refractivity contribution < 1.29 is 9.47 Å². The molecular weight excluding hydrogens is 178 g/mol. The van der Waals surface area contributed by atoms with Crippen molar-refractivity contribution in [1.82, 2.24) is 4.90 Å². The summed E-state index contributed by atoms with van der Waals surface area (Å²) in [5.74, 6) is 0. The van der Waals surface area contributed by atoms with Gasteiger partial charge in [0.25, 0.3) is 0 Å². The van der Waals surface area contributed by atoms with Crippen molar-refractivity contribution in [3.8, 4) is 0 Å². The van der Waals surface area contributed by atoms with Gasteiger partial charge >= 0.3 is 0 Å². The fourth-order valence-electron chi connectivity index (χ4n) is 1.92. The Morgan fingerprint density at radius 1 is 1.50 bits per heavy atom. The minimum absolute atomic E-state index is 0.239. The van der Waals surface area contributed by atoms with E-state index in [-0.39, 0.29) is 6.23 Å². The van der Waals surface area contributed by atoms with Crippen molar-refractivity contribution in [2.45, 2.75) is 45.9 Å². The Bertz CT molecular complexity index is 146. The van der Waals surface area contributed by atoms with Crippen LogP contribution in [0.4, 0.5) is 0 Å². The van der Waals surface area contributed by atoms with Gasteiger partial charge in [0, 0.05) is 19.7 Å². The van der Waals surface area contributed by atoms with Crippen LogP contribution in [0.3, 0.4) is 0 Å². The van der Waals surface area contributed by atoms with Crippen molar-refractivity contribution in [2.24, 2.45) is 0 Å². The number of ether oxygens (including phenoxy) is 2. The minimum atomic E-state index is 0.239. The molecule has 14 heavy (non-hydrogen) atoms. The topological polar surface area (TPSA) is 21.7 Å². The Morgan fingerprint density at radius 2 is 2.29 bits per heavy atom. The van der Waals surface area contributed by atoms with E-state index in [0.29, 0.717) is 6.10 Å². The van der Waals surface area contributed by atoms with E-state index in [2.05, 4.69) is 18.7 Å². The lowest BCUT2D eigenvalue weighted by atomic mass is 10.1. The number of rotatable bonds is 5. The minimum Gasteiger partial charge on any atom is -0.376 e. The van der Waals surface area contributed by atoms with Crippen molar-refractivity contribution in [1.29, 1.82) is 0 Å². The van der Waals surface area contributed by atoms with E-state index in [9.17, 15) is 0 Å². The van der Waals surface area contributed by atoms with E-state index in [1.54, 1.807) is 0 Å². The van der Waals surface area contributed by atoms with Crippen molar-refractivity contribution in [3.63, 3.8) is 0 Å². The molecule has 0 aromatic heterocycles. The lowest BCUT2D eigenvalue weighted by Crippen LogP contribution is -2.47. The number of nitrogens with zero attached hydrogens (tertiary/aromatic N) is 1. The highest BCUT2D eigenvalue weighted by Gasteiger charge is 2.23.